The average Bonchev–Trinajstić information content (AvgIpc) is 3.02. The number of aromatic nitrogens is 2. The largest absolute Gasteiger partial charge is 0.477 e. The molecule has 0 bridgehead atoms. The Bertz CT molecular complexity index is 855. The van der Waals surface area contributed by atoms with E-state index in [2.05, 4.69) is 24.7 Å². The summed E-state index contributed by atoms with van der Waals surface area (Å²) >= 11 is 8.01. The monoisotopic (exact) mass is 418 g/mol. The molecule has 1 saturated heterocycles. The number of hydrogen-bond acceptors (Lipinski definition) is 10. The van der Waals surface area contributed by atoms with Crippen LogP contribution in [0, 0.1) is 0 Å². The van der Waals surface area contributed by atoms with E-state index in [1.807, 2.05) is 0 Å². The predicted octanol–water partition coefficient (Wildman–Crippen LogP) is -0.594. The average molecular weight is 419 g/mol. The number of carboxylic acid groups (broad SMARTS) is 1. The quantitative estimate of drug-likeness (QED) is 0.322. The molecular weight excluding hydrogens is 408 g/mol. The number of rotatable bonds is 5. The lowest BCUT2D eigenvalue weighted by Gasteiger charge is -2.48. The number of nitrogen functional groups attached to an aromatic ring is 1. The van der Waals surface area contributed by atoms with Gasteiger partial charge in [0.2, 0.25) is 11.5 Å². The van der Waals surface area contributed by atoms with E-state index in [0.717, 1.165) is 16.4 Å². The second-order valence-electron chi connectivity index (χ2n) is 5.00. The third kappa shape index (κ3) is 3.08. The highest BCUT2D eigenvalue weighted by molar-refractivity contribution is 8.00. The molecule has 0 radical (unpaired) electrons. The Kier molecular flexibility index (Phi) is 5.02. The molecule has 1 fully saturated rings. The normalized spacial score (nSPS) is 22.6. The molecule has 2 atom stereocenters. The van der Waals surface area contributed by atoms with Gasteiger partial charge in [-0.15, -0.1) is 11.8 Å². The number of thioether (sulfide) groups is 1. The van der Waals surface area contributed by atoms with Crippen molar-refractivity contribution in [2.45, 2.75) is 11.4 Å². The van der Waals surface area contributed by atoms with Gasteiger partial charge in [-0.05, 0) is 0 Å². The maximum atomic E-state index is 12.5. The number of carbonyl (C=O) groups is 3. The fraction of sp³-hybridized carbons (Fsp3) is 0.333. The maximum absolute atomic E-state index is 12.5. The van der Waals surface area contributed by atoms with Gasteiger partial charge in [0.15, 0.2) is 5.13 Å². The highest BCUT2D eigenvalue weighted by atomic mass is 35.5. The van der Waals surface area contributed by atoms with Crippen molar-refractivity contribution in [3.8, 4) is 0 Å². The lowest BCUT2D eigenvalue weighted by molar-refractivity contribution is -0.150. The van der Waals surface area contributed by atoms with Crippen molar-refractivity contribution in [1.29, 1.82) is 0 Å². The number of aliphatic carboxylic acids is 1. The van der Waals surface area contributed by atoms with Crippen LogP contribution < -0.4 is 11.1 Å². The van der Waals surface area contributed by atoms with Crippen molar-refractivity contribution in [3.63, 3.8) is 0 Å². The number of amides is 2. The van der Waals surface area contributed by atoms with Crippen molar-refractivity contribution < 1.29 is 24.3 Å². The molecule has 3 rings (SSSR count). The van der Waals surface area contributed by atoms with Gasteiger partial charge >= 0.3 is 5.97 Å². The van der Waals surface area contributed by atoms with Gasteiger partial charge in [0.05, 0.1) is 5.03 Å². The van der Waals surface area contributed by atoms with E-state index in [4.69, 9.17) is 17.3 Å². The van der Waals surface area contributed by atoms with Crippen LogP contribution in [0.5, 0.6) is 0 Å². The van der Waals surface area contributed by atoms with Gasteiger partial charge < -0.3 is 21.0 Å². The summed E-state index contributed by atoms with van der Waals surface area (Å²) in [5.41, 5.74) is 4.97. The van der Waals surface area contributed by atoms with Gasteiger partial charge in [-0.25, -0.2) is 4.79 Å². The number of nitrogens with two attached hydrogens (primary N) is 1. The summed E-state index contributed by atoms with van der Waals surface area (Å²) in [5.74, 6) is -2.47. The summed E-state index contributed by atoms with van der Waals surface area (Å²) in [7, 11) is 1.24. The standard InChI is InChI=1S/C12H11ClN6O5S2/c1-24-17-4(7-16-12(14)26-18-7)8(20)15-5-9(21)19-6(11(22)23)3(13)2-25-10(5)19/h5,10H,2H2,1H3,(H,15,20)(H,22,23)(H2,14,16,18)/b17-4-/t5-,10-/m1/s1. The zero-order chi connectivity index (χ0) is 19.0. The number of hydrogen-bond donors (Lipinski definition) is 3. The van der Waals surface area contributed by atoms with E-state index < -0.39 is 29.2 Å². The second-order valence-corrected chi connectivity index (χ2v) is 7.34. The topological polar surface area (TPSA) is 160 Å². The van der Waals surface area contributed by atoms with Crippen molar-refractivity contribution >= 4 is 63.5 Å². The number of carbonyl (C=O) groups excluding carboxylic acids is 2. The van der Waals surface area contributed by atoms with Gasteiger partial charge in [-0.3, -0.25) is 14.5 Å². The second kappa shape index (κ2) is 7.09. The van der Waals surface area contributed by atoms with Crippen LogP contribution in [0.15, 0.2) is 15.9 Å². The Morgan fingerprint density at radius 2 is 2.27 bits per heavy atom. The van der Waals surface area contributed by atoms with E-state index in [1.54, 1.807) is 0 Å². The SMILES string of the molecule is CO/N=C(\C(=O)N[C@@H]1C(=O)N2C(C(=O)O)=C(Cl)CS[C@H]12)c1nsc(N)n1. The van der Waals surface area contributed by atoms with E-state index in [1.165, 1.54) is 18.9 Å². The summed E-state index contributed by atoms with van der Waals surface area (Å²) in [4.78, 5) is 45.7. The maximum Gasteiger partial charge on any atom is 0.353 e. The van der Waals surface area contributed by atoms with Crippen molar-refractivity contribution in [2.24, 2.45) is 5.16 Å². The van der Waals surface area contributed by atoms with Crippen molar-refractivity contribution in [1.82, 2.24) is 19.6 Å². The molecule has 2 aliphatic rings. The minimum absolute atomic E-state index is 0.0408. The molecule has 0 saturated carbocycles. The number of anilines is 1. The summed E-state index contributed by atoms with van der Waals surface area (Å²) in [6, 6.07) is -0.940. The molecule has 2 aliphatic heterocycles. The highest BCUT2D eigenvalue weighted by Gasteiger charge is 2.54. The van der Waals surface area contributed by atoms with E-state index in [9.17, 15) is 19.5 Å². The summed E-state index contributed by atoms with van der Waals surface area (Å²) in [6.07, 6.45) is 0. The van der Waals surface area contributed by atoms with Gasteiger partial charge in [0.25, 0.3) is 11.8 Å². The Morgan fingerprint density at radius 1 is 1.54 bits per heavy atom. The van der Waals surface area contributed by atoms with Crippen molar-refractivity contribution in [3.05, 3.63) is 16.6 Å². The molecule has 0 spiro atoms. The molecule has 1 aromatic heterocycles. The Balaban J connectivity index is 1.78. The fourth-order valence-corrected chi connectivity index (χ4v) is 4.38. The molecule has 138 valence electrons. The molecular formula is C12H11ClN6O5S2. The van der Waals surface area contributed by atoms with Crippen LogP contribution in [0.25, 0.3) is 0 Å². The number of oxime groups is 1. The summed E-state index contributed by atoms with van der Waals surface area (Å²) in [6.45, 7) is 0. The van der Waals surface area contributed by atoms with E-state index >= 15 is 0 Å². The first-order valence-corrected chi connectivity index (χ1v) is 9.13. The molecule has 3 heterocycles. The summed E-state index contributed by atoms with van der Waals surface area (Å²) < 4.78 is 3.88. The zero-order valence-corrected chi connectivity index (χ0v) is 15.4. The Labute approximate surface area is 159 Å². The molecule has 0 aromatic carbocycles. The van der Waals surface area contributed by atoms with Gasteiger partial charge in [-0.1, -0.05) is 16.8 Å². The highest BCUT2D eigenvalue weighted by Crippen LogP contribution is 2.41. The number of β-lactam (4-membered cyclic amide) rings is 1. The van der Waals surface area contributed by atoms with Crippen LogP contribution in [0.3, 0.4) is 0 Å². The number of fused-ring (bicyclic) bond motifs is 1. The number of carboxylic acids is 1. The minimum Gasteiger partial charge on any atom is -0.477 e. The first-order valence-electron chi connectivity index (χ1n) is 6.93. The fourth-order valence-electron chi connectivity index (χ4n) is 2.40. The summed E-state index contributed by atoms with van der Waals surface area (Å²) in [5, 5.41) is 14.9. The van der Waals surface area contributed by atoms with Gasteiger partial charge in [0, 0.05) is 17.3 Å². The molecule has 4 N–H and O–H groups in total. The van der Waals surface area contributed by atoms with Crippen molar-refractivity contribution in [2.75, 3.05) is 18.6 Å². The number of nitrogens with zero attached hydrogens (tertiary/aromatic N) is 4. The smallest absolute Gasteiger partial charge is 0.353 e. The Hall–Kier alpha value is -2.38. The third-order valence-corrected chi connectivity index (χ3v) is 5.76. The van der Waals surface area contributed by atoms with E-state index in [-0.39, 0.29) is 33.1 Å². The molecule has 11 nitrogen and oxygen atoms in total. The molecule has 14 heteroatoms. The first kappa shape index (κ1) is 18.4. The number of halogens is 1. The van der Waals surface area contributed by atoms with Crippen LogP contribution in [-0.4, -0.2) is 67.1 Å². The molecule has 1 aromatic rings. The van der Waals surface area contributed by atoms with E-state index in [0.29, 0.717) is 0 Å². The van der Waals surface area contributed by atoms with Crippen LogP contribution >= 0.6 is 34.9 Å². The zero-order valence-electron chi connectivity index (χ0n) is 13.0. The third-order valence-electron chi connectivity index (χ3n) is 3.46. The van der Waals surface area contributed by atoms with Crippen LogP contribution in [0.4, 0.5) is 5.13 Å². The molecule has 2 amide bonds. The predicted molar refractivity (Wildman–Crippen MR) is 93.4 cm³/mol. The molecule has 0 unspecified atom stereocenters. The van der Waals surface area contributed by atoms with Crippen LogP contribution in [0.1, 0.15) is 5.82 Å². The van der Waals surface area contributed by atoms with Crippen LogP contribution in [-0.2, 0) is 19.2 Å². The molecule has 26 heavy (non-hydrogen) atoms. The Morgan fingerprint density at radius 3 is 2.85 bits per heavy atom. The van der Waals surface area contributed by atoms with Gasteiger partial charge in [0.1, 0.15) is 24.2 Å². The van der Waals surface area contributed by atoms with Gasteiger partial charge in [-0.2, -0.15) is 9.36 Å². The minimum atomic E-state index is -1.30. The first-order chi connectivity index (χ1) is 12.3. The lowest BCUT2D eigenvalue weighted by Crippen LogP contribution is -2.71. The lowest BCUT2D eigenvalue weighted by atomic mass is 10.0. The number of nitrogens with one attached hydrogen (secondary N) is 1. The molecule has 0 aliphatic carbocycles. The van der Waals surface area contributed by atoms with Crippen LogP contribution in [0.2, 0.25) is 0 Å².